The molecule has 1 aromatic rings. The Morgan fingerprint density at radius 2 is 2.50 bits per heavy atom. The summed E-state index contributed by atoms with van der Waals surface area (Å²) in [5.41, 5.74) is 1.27. The topological polar surface area (TPSA) is 34.1 Å². The Balaban J connectivity index is 2.15. The highest BCUT2D eigenvalue weighted by atomic mass is 16.5. The zero-order chi connectivity index (χ0) is 9.80. The van der Waals surface area contributed by atoms with Gasteiger partial charge in [-0.1, -0.05) is 6.07 Å². The SMILES string of the molecule is COC1NCCCC1c1cccnc1. The second-order valence-corrected chi connectivity index (χ2v) is 3.65. The van der Waals surface area contributed by atoms with Gasteiger partial charge in [-0.15, -0.1) is 0 Å². The number of nitrogens with one attached hydrogen (secondary N) is 1. The zero-order valence-electron chi connectivity index (χ0n) is 8.44. The summed E-state index contributed by atoms with van der Waals surface area (Å²) >= 11 is 0. The maximum Gasteiger partial charge on any atom is 0.114 e. The molecule has 3 heteroatoms. The van der Waals surface area contributed by atoms with E-state index in [4.69, 9.17) is 4.74 Å². The van der Waals surface area contributed by atoms with E-state index in [1.165, 1.54) is 18.4 Å². The molecule has 1 fully saturated rings. The normalized spacial score (nSPS) is 27.5. The van der Waals surface area contributed by atoms with Crippen molar-refractivity contribution < 1.29 is 4.74 Å². The minimum Gasteiger partial charge on any atom is -0.366 e. The summed E-state index contributed by atoms with van der Waals surface area (Å²) in [5.74, 6) is 0.447. The van der Waals surface area contributed by atoms with Crippen LogP contribution in [-0.4, -0.2) is 24.9 Å². The Labute approximate surface area is 84.5 Å². The predicted octanol–water partition coefficient (Wildman–Crippen LogP) is 1.52. The first-order valence-electron chi connectivity index (χ1n) is 5.08. The van der Waals surface area contributed by atoms with Gasteiger partial charge in [-0.2, -0.15) is 0 Å². The number of rotatable bonds is 2. The maximum atomic E-state index is 5.42. The van der Waals surface area contributed by atoms with E-state index in [1.54, 1.807) is 7.11 Å². The number of methoxy groups -OCH3 is 1. The van der Waals surface area contributed by atoms with Crippen molar-refractivity contribution in [2.45, 2.75) is 25.0 Å². The minimum atomic E-state index is 0.146. The Bertz CT molecular complexity index is 276. The third-order valence-electron chi connectivity index (χ3n) is 2.77. The lowest BCUT2D eigenvalue weighted by molar-refractivity contribution is 0.0340. The molecule has 0 bridgehead atoms. The van der Waals surface area contributed by atoms with Gasteiger partial charge in [0.15, 0.2) is 0 Å². The quantitative estimate of drug-likeness (QED) is 0.771. The Hall–Kier alpha value is -0.930. The van der Waals surface area contributed by atoms with E-state index in [0.29, 0.717) is 5.92 Å². The van der Waals surface area contributed by atoms with Crippen molar-refractivity contribution in [2.24, 2.45) is 0 Å². The zero-order valence-corrected chi connectivity index (χ0v) is 8.44. The molecule has 0 spiro atoms. The molecule has 2 unspecified atom stereocenters. The molecule has 0 aliphatic carbocycles. The van der Waals surface area contributed by atoms with Crippen LogP contribution < -0.4 is 5.32 Å². The molecule has 3 nitrogen and oxygen atoms in total. The number of aromatic nitrogens is 1. The van der Waals surface area contributed by atoms with Crippen LogP contribution >= 0.6 is 0 Å². The highest BCUT2D eigenvalue weighted by Gasteiger charge is 2.25. The van der Waals surface area contributed by atoms with Gasteiger partial charge < -0.3 is 4.74 Å². The number of pyridine rings is 1. The van der Waals surface area contributed by atoms with Crippen molar-refractivity contribution >= 4 is 0 Å². The molecule has 0 amide bonds. The molecule has 2 heterocycles. The predicted molar refractivity (Wildman–Crippen MR) is 55.0 cm³/mol. The highest BCUT2D eigenvalue weighted by molar-refractivity contribution is 5.16. The second kappa shape index (κ2) is 4.53. The van der Waals surface area contributed by atoms with Crippen molar-refractivity contribution in [3.05, 3.63) is 30.1 Å². The second-order valence-electron chi connectivity index (χ2n) is 3.65. The molecular weight excluding hydrogens is 176 g/mol. The van der Waals surface area contributed by atoms with Gasteiger partial charge in [0, 0.05) is 25.4 Å². The number of hydrogen-bond acceptors (Lipinski definition) is 3. The van der Waals surface area contributed by atoms with Crippen LogP contribution in [-0.2, 0) is 4.74 Å². The molecule has 0 saturated carbocycles. The lowest BCUT2D eigenvalue weighted by Gasteiger charge is -2.31. The van der Waals surface area contributed by atoms with Crippen LogP contribution in [0.3, 0.4) is 0 Å². The van der Waals surface area contributed by atoms with Crippen LogP contribution in [0.15, 0.2) is 24.5 Å². The molecule has 1 N–H and O–H groups in total. The van der Waals surface area contributed by atoms with E-state index < -0.39 is 0 Å². The van der Waals surface area contributed by atoms with E-state index in [0.717, 1.165) is 6.54 Å². The van der Waals surface area contributed by atoms with E-state index in [-0.39, 0.29) is 6.23 Å². The Morgan fingerprint density at radius 1 is 1.57 bits per heavy atom. The number of hydrogen-bond donors (Lipinski definition) is 1. The number of ether oxygens (including phenoxy) is 1. The molecule has 1 aliphatic rings. The molecule has 1 saturated heterocycles. The Morgan fingerprint density at radius 3 is 3.21 bits per heavy atom. The average Bonchev–Trinajstić information content (AvgIpc) is 2.30. The summed E-state index contributed by atoms with van der Waals surface area (Å²) < 4.78 is 5.42. The molecule has 0 radical (unpaired) electrons. The van der Waals surface area contributed by atoms with Gasteiger partial charge in [0.05, 0.1) is 0 Å². The van der Waals surface area contributed by atoms with Crippen molar-refractivity contribution in [3.63, 3.8) is 0 Å². The molecule has 1 aromatic heterocycles. The summed E-state index contributed by atoms with van der Waals surface area (Å²) in [4.78, 5) is 4.15. The minimum absolute atomic E-state index is 0.146. The number of piperidine rings is 1. The van der Waals surface area contributed by atoms with Crippen molar-refractivity contribution in [3.8, 4) is 0 Å². The molecule has 76 valence electrons. The lowest BCUT2D eigenvalue weighted by atomic mass is 9.91. The lowest BCUT2D eigenvalue weighted by Crippen LogP contribution is -2.41. The summed E-state index contributed by atoms with van der Waals surface area (Å²) in [5, 5.41) is 3.37. The Kier molecular flexibility index (Phi) is 3.11. The molecule has 2 rings (SSSR count). The molecular formula is C11H16N2O. The third kappa shape index (κ3) is 1.94. The summed E-state index contributed by atoms with van der Waals surface area (Å²) in [6.07, 6.45) is 6.27. The van der Waals surface area contributed by atoms with E-state index in [9.17, 15) is 0 Å². The van der Waals surface area contributed by atoms with Crippen molar-refractivity contribution in [2.75, 3.05) is 13.7 Å². The maximum absolute atomic E-state index is 5.42. The van der Waals surface area contributed by atoms with E-state index >= 15 is 0 Å². The molecule has 14 heavy (non-hydrogen) atoms. The van der Waals surface area contributed by atoms with Gasteiger partial charge in [-0.3, -0.25) is 10.3 Å². The van der Waals surface area contributed by atoms with Crippen LogP contribution in [0, 0.1) is 0 Å². The fourth-order valence-corrected chi connectivity index (χ4v) is 2.04. The highest BCUT2D eigenvalue weighted by Crippen LogP contribution is 2.27. The smallest absolute Gasteiger partial charge is 0.114 e. The largest absolute Gasteiger partial charge is 0.366 e. The average molecular weight is 192 g/mol. The van der Waals surface area contributed by atoms with Gasteiger partial charge in [0.1, 0.15) is 6.23 Å². The summed E-state index contributed by atoms with van der Waals surface area (Å²) in [7, 11) is 1.76. The molecule has 1 aliphatic heterocycles. The first-order chi connectivity index (χ1) is 6.92. The third-order valence-corrected chi connectivity index (χ3v) is 2.77. The van der Waals surface area contributed by atoms with Gasteiger partial charge in [-0.25, -0.2) is 0 Å². The monoisotopic (exact) mass is 192 g/mol. The molecule has 2 atom stereocenters. The van der Waals surface area contributed by atoms with Crippen LogP contribution in [0.1, 0.15) is 24.3 Å². The summed E-state index contributed by atoms with van der Waals surface area (Å²) in [6, 6.07) is 4.10. The fourth-order valence-electron chi connectivity index (χ4n) is 2.04. The van der Waals surface area contributed by atoms with Gasteiger partial charge >= 0.3 is 0 Å². The number of nitrogens with zero attached hydrogens (tertiary/aromatic N) is 1. The van der Waals surface area contributed by atoms with E-state index in [1.807, 2.05) is 18.5 Å². The first kappa shape index (κ1) is 9.62. The van der Waals surface area contributed by atoms with Crippen LogP contribution in [0.4, 0.5) is 0 Å². The van der Waals surface area contributed by atoms with Crippen LogP contribution in [0.25, 0.3) is 0 Å². The summed E-state index contributed by atoms with van der Waals surface area (Å²) in [6.45, 7) is 1.05. The van der Waals surface area contributed by atoms with Crippen molar-refractivity contribution in [1.29, 1.82) is 0 Å². The fraction of sp³-hybridized carbons (Fsp3) is 0.545. The van der Waals surface area contributed by atoms with Crippen molar-refractivity contribution in [1.82, 2.24) is 10.3 Å². The van der Waals surface area contributed by atoms with Gasteiger partial charge in [0.2, 0.25) is 0 Å². The standard InChI is InChI=1S/C11H16N2O/c1-14-11-10(5-3-7-13-11)9-4-2-6-12-8-9/h2,4,6,8,10-11,13H,3,5,7H2,1H3. The van der Waals surface area contributed by atoms with Gasteiger partial charge in [0.25, 0.3) is 0 Å². The van der Waals surface area contributed by atoms with Gasteiger partial charge in [-0.05, 0) is 31.0 Å². The van der Waals surface area contributed by atoms with E-state index in [2.05, 4.69) is 16.4 Å². The first-order valence-corrected chi connectivity index (χ1v) is 5.08. The van der Waals surface area contributed by atoms with Crippen LogP contribution in [0.2, 0.25) is 0 Å². The van der Waals surface area contributed by atoms with Crippen LogP contribution in [0.5, 0.6) is 0 Å². The molecule has 0 aromatic carbocycles.